The van der Waals surface area contributed by atoms with Crippen molar-refractivity contribution in [3.8, 4) is 16.8 Å². The summed E-state index contributed by atoms with van der Waals surface area (Å²) in [5.74, 6) is 0. The van der Waals surface area contributed by atoms with E-state index in [1.807, 2.05) is 18.0 Å². The minimum atomic E-state index is -4.11. The molecule has 6 rings (SSSR count). The van der Waals surface area contributed by atoms with E-state index >= 15 is 0 Å². The second-order valence-electron chi connectivity index (χ2n) is 10.0. The third-order valence-electron chi connectivity index (χ3n) is 7.30. The number of nitriles is 1. The van der Waals surface area contributed by atoms with Crippen LogP contribution in [0.4, 0.5) is 19.3 Å². The van der Waals surface area contributed by atoms with E-state index in [1.165, 1.54) is 22.9 Å². The van der Waals surface area contributed by atoms with E-state index in [0.717, 1.165) is 12.8 Å². The number of carbonyl (C=O) groups is 1. The monoisotopic (exact) mass is 577 g/mol. The largest absolute Gasteiger partial charge is 0.365 e. The molecule has 0 spiro atoms. The van der Waals surface area contributed by atoms with Gasteiger partial charge >= 0.3 is 6.03 Å². The Labute approximate surface area is 226 Å². The molecule has 3 aromatic rings. The summed E-state index contributed by atoms with van der Waals surface area (Å²) >= 11 is 0.702. The molecule has 206 valence electrons. The van der Waals surface area contributed by atoms with Gasteiger partial charge in [-0.05, 0) is 31.7 Å². The zero-order valence-electron chi connectivity index (χ0n) is 20.9. The fraction of sp³-hybridized carbons (Fsp3) is 0.522. The summed E-state index contributed by atoms with van der Waals surface area (Å²) in [6.45, 7) is 1.76. The van der Waals surface area contributed by atoms with Gasteiger partial charge in [-0.2, -0.15) is 9.98 Å². The number of nitrogens with zero attached hydrogens (tertiary/aromatic N) is 8. The predicted molar refractivity (Wildman–Crippen MR) is 137 cm³/mol. The molecule has 39 heavy (non-hydrogen) atoms. The van der Waals surface area contributed by atoms with Crippen LogP contribution in [0.3, 0.4) is 0 Å². The van der Waals surface area contributed by atoms with Crippen LogP contribution in [0.25, 0.3) is 16.3 Å². The van der Waals surface area contributed by atoms with Crippen molar-refractivity contribution in [2.75, 3.05) is 38.1 Å². The standard InChI is InChI=1S/C23H25F2N9O3S2/c1-31(14-2-3-14)22(35)33-8-6-32(7-9-33)16-10-15(39(36,37)30-23(13-26)4-5-23)12-34-17(11-27-19(16)34)20-28-29-21(38-20)18(24)25/h10-12,14,18,30H,2-9H2,1H3. The molecule has 3 aliphatic rings. The lowest BCUT2D eigenvalue weighted by Crippen LogP contribution is -2.52. The van der Waals surface area contributed by atoms with E-state index < -0.39 is 27.0 Å². The number of rotatable bonds is 7. The number of urea groups is 1. The first-order chi connectivity index (χ1) is 18.6. The zero-order chi connectivity index (χ0) is 27.5. The molecule has 16 heteroatoms. The molecule has 0 atom stereocenters. The molecule has 0 bridgehead atoms. The Balaban J connectivity index is 1.37. The Morgan fingerprint density at radius 3 is 2.56 bits per heavy atom. The van der Waals surface area contributed by atoms with E-state index in [2.05, 4.69) is 19.9 Å². The number of piperazine rings is 1. The van der Waals surface area contributed by atoms with Crippen LogP contribution < -0.4 is 9.62 Å². The van der Waals surface area contributed by atoms with E-state index in [9.17, 15) is 27.3 Å². The highest BCUT2D eigenvalue weighted by molar-refractivity contribution is 7.89. The topological polar surface area (TPSA) is 140 Å². The molecule has 0 unspecified atom stereocenters. The molecule has 0 radical (unpaired) electrons. The van der Waals surface area contributed by atoms with Crippen LogP contribution in [0.5, 0.6) is 0 Å². The number of amides is 2. The number of hydrogen-bond acceptors (Lipinski definition) is 9. The molecule has 12 nitrogen and oxygen atoms in total. The number of carbonyl (C=O) groups excluding carboxylic acids is 1. The Morgan fingerprint density at radius 1 is 1.26 bits per heavy atom. The molecule has 1 saturated heterocycles. The van der Waals surface area contributed by atoms with E-state index in [1.54, 1.807) is 9.80 Å². The molecule has 1 N–H and O–H groups in total. The lowest BCUT2D eigenvalue weighted by molar-refractivity contribution is 0.150. The summed E-state index contributed by atoms with van der Waals surface area (Å²) in [7, 11) is -2.31. The van der Waals surface area contributed by atoms with Crippen molar-refractivity contribution in [2.24, 2.45) is 0 Å². The number of pyridine rings is 1. The van der Waals surface area contributed by atoms with Gasteiger partial charge in [0.25, 0.3) is 6.43 Å². The molecule has 1 aliphatic heterocycles. The van der Waals surface area contributed by atoms with Crippen molar-refractivity contribution in [1.29, 1.82) is 5.26 Å². The maximum Gasteiger partial charge on any atom is 0.320 e. The first-order valence-electron chi connectivity index (χ1n) is 12.5. The fourth-order valence-corrected chi connectivity index (χ4v) is 6.77. The number of hydrogen-bond donors (Lipinski definition) is 1. The number of aromatic nitrogens is 4. The number of nitrogens with one attached hydrogen (secondary N) is 1. The predicted octanol–water partition coefficient (Wildman–Crippen LogP) is 2.46. The summed E-state index contributed by atoms with van der Waals surface area (Å²) in [4.78, 5) is 22.7. The lowest BCUT2D eigenvalue weighted by Gasteiger charge is -2.38. The quantitative estimate of drug-likeness (QED) is 0.452. The molecule has 0 aromatic carbocycles. The Kier molecular flexibility index (Phi) is 6.19. The summed E-state index contributed by atoms with van der Waals surface area (Å²) in [5, 5.41) is 16.6. The van der Waals surface area contributed by atoms with Gasteiger partial charge in [0.2, 0.25) is 10.0 Å². The van der Waals surface area contributed by atoms with Crippen molar-refractivity contribution >= 4 is 38.7 Å². The van der Waals surface area contributed by atoms with Gasteiger partial charge in [0, 0.05) is 45.5 Å². The molecule has 2 amide bonds. The lowest BCUT2D eigenvalue weighted by atomic mass is 10.2. The highest BCUT2D eigenvalue weighted by Gasteiger charge is 2.47. The van der Waals surface area contributed by atoms with E-state index in [4.69, 9.17) is 0 Å². The Bertz CT molecular complexity index is 1580. The molecule has 2 saturated carbocycles. The number of fused-ring (bicyclic) bond motifs is 1. The summed E-state index contributed by atoms with van der Waals surface area (Å²) in [6, 6.07) is 3.80. The van der Waals surface area contributed by atoms with Gasteiger partial charge in [0.1, 0.15) is 16.1 Å². The van der Waals surface area contributed by atoms with Crippen molar-refractivity contribution in [3.05, 3.63) is 23.5 Å². The van der Waals surface area contributed by atoms with Crippen molar-refractivity contribution in [3.63, 3.8) is 0 Å². The van der Waals surface area contributed by atoms with Crippen molar-refractivity contribution in [2.45, 2.75) is 48.6 Å². The third kappa shape index (κ3) is 4.79. The maximum atomic E-state index is 13.4. The molecule has 3 aromatic heterocycles. The number of alkyl halides is 2. The third-order valence-corrected chi connectivity index (χ3v) is 9.76. The molecular formula is C23H25F2N9O3S2. The highest BCUT2D eigenvalue weighted by Crippen LogP contribution is 2.38. The summed E-state index contributed by atoms with van der Waals surface area (Å²) in [5.41, 5.74) is 0.103. The van der Waals surface area contributed by atoms with Crippen LogP contribution >= 0.6 is 11.3 Å². The minimum Gasteiger partial charge on any atom is -0.365 e. The second kappa shape index (κ2) is 9.35. The van der Waals surface area contributed by atoms with Gasteiger partial charge in [-0.3, -0.25) is 4.40 Å². The first-order valence-corrected chi connectivity index (χ1v) is 14.8. The average Bonchev–Trinajstić information content (AvgIpc) is 3.82. The van der Waals surface area contributed by atoms with Crippen molar-refractivity contribution < 1.29 is 22.0 Å². The first kappa shape index (κ1) is 25.8. The van der Waals surface area contributed by atoms with E-state index in [-0.39, 0.29) is 15.9 Å². The van der Waals surface area contributed by atoms with Crippen LogP contribution in [0, 0.1) is 11.3 Å². The van der Waals surface area contributed by atoms with Crippen LogP contribution in [0.15, 0.2) is 23.4 Å². The van der Waals surface area contributed by atoms with Gasteiger partial charge in [-0.1, -0.05) is 11.3 Å². The van der Waals surface area contributed by atoms with Crippen LogP contribution in [-0.2, 0) is 10.0 Å². The molecule has 2 aliphatic carbocycles. The normalized spacial score (nSPS) is 18.9. The number of anilines is 1. The minimum absolute atomic E-state index is 0.0248. The van der Waals surface area contributed by atoms with Crippen LogP contribution in [0.1, 0.15) is 37.1 Å². The van der Waals surface area contributed by atoms with Gasteiger partial charge in [-0.25, -0.2) is 27.0 Å². The van der Waals surface area contributed by atoms with Gasteiger partial charge in [0.15, 0.2) is 15.7 Å². The summed E-state index contributed by atoms with van der Waals surface area (Å²) in [6.07, 6.45) is 2.87. The SMILES string of the molecule is CN(C(=O)N1CCN(c2cc(S(=O)(=O)NC3(C#N)CC3)cn3c(-c4nnc(C(F)F)s4)cnc23)CC1)C1CC1. The van der Waals surface area contributed by atoms with Gasteiger partial charge in [0.05, 0.1) is 18.0 Å². The molecule has 3 fully saturated rings. The maximum absolute atomic E-state index is 13.4. The molecule has 4 heterocycles. The number of sulfonamides is 1. The van der Waals surface area contributed by atoms with E-state index in [0.29, 0.717) is 73.4 Å². The smallest absolute Gasteiger partial charge is 0.320 e. The van der Waals surface area contributed by atoms with Crippen LogP contribution in [0.2, 0.25) is 0 Å². The zero-order valence-corrected chi connectivity index (χ0v) is 22.6. The fourth-order valence-electron chi connectivity index (χ4n) is 4.67. The van der Waals surface area contributed by atoms with Gasteiger partial charge in [-0.15, -0.1) is 10.2 Å². The number of halogens is 2. The number of imidazole rings is 1. The second-order valence-corrected chi connectivity index (χ2v) is 12.7. The molecular weight excluding hydrogens is 552 g/mol. The average molecular weight is 578 g/mol. The van der Waals surface area contributed by atoms with Gasteiger partial charge < -0.3 is 14.7 Å². The Hall–Kier alpha value is -3.42. The van der Waals surface area contributed by atoms with Crippen LogP contribution in [-0.4, -0.2) is 88.6 Å². The summed E-state index contributed by atoms with van der Waals surface area (Å²) < 4.78 is 57.1. The Morgan fingerprint density at radius 2 is 1.97 bits per heavy atom. The highest BCUT2D eigenvalue weighted by atomic mass is 32.2. The van der Waals surface area contributed by atoms with Crippen molar-refractivity contribution in [1.82, 2.24) is 34.1 Å².